The van der Waals surface area contributed by atoms with Crippen LogP contribution in [0.3, 0.4) is 0 Å². The average molecular weight is 296 g/mol. The number of pyridine rings is 1. The molecule has 0 aliphatic heterocycles. The van der Waals surface area contributed by atoms with Gasteiger partial charge in [-0.25, -0.2) is 28.4 Å². The highest BCUT2D eigenvalue weighted by molar-refractivity contribution is 7.89. The van der Waals surface area contributed by atoms with E-state index < -0.39 is 15.8 Å². The van der Waals surface area contributed by atoms with Gasteiger partial charge in [0, 0.05) is 18.3 Å². The number of nitrogens with zero attached hydrogens (tertiary/aromatic N) is 1. The van der Waals surface area contributed by atoms with E-state index >= 15 is 0 Å². The van der Waals surface area contributed by atoms with Gasteiger partial charge in [-0.05, 0) is 18.2 Å². The highest BCUT2D eigenvalue weighted by atomic mass is 32.2. The minimum absolute atomic E-state index is 0.0218. The third kappa shape index (κ3) is 3.10. The first kappa shape index (κ1) is 14.4. The predicted molar refractivity (Wildman–Crippen MR) is 72.5 cm³/mol. The van der Waals surface area contributed by atoms with Crippen LogP contribution < -0.4 is 16.0 Å². The molecule has 0 aliphatic carbocycles. The summed E-state index contributed by atoms with van der Waals surface area (Å²) >= 11 is 0. The topological polar surface area (TPSA) is 97.1 Å². The second-order valence-electron chi connectivity index (χ2n) is 3.91. The van der Waals surface area contributed by atoms with Crippen LogP contribution in [0.2, 0.25) is 0 Å². The molecular weight excluding hydrogens is 283 g/mol. The van der Waals surface area contributed by atoms with Crippen LogP contribution in [0.1, 0.15) is 5.56 Å². The van der Waals surface area contributed by atoms with Gasteiger partial charge in [0.15, 0.2) is 5.82 Å². The van der Waals surface area contributed by atoms with Crippen molar-refractivity contribution in [3.8, 4) is 0 Å². The lowest BCUT2D eigenvalue weighted by Gasteiger charge is -2.10. The van der Waals surface area contributed by atoms with Gasteiger partial charge in [-0.1, -0.05) is 18.2 Å². The van der Waals surface area contributed by atoms with Crippen molar-refractivity contribution < 1.29 is 12.8 Å². The van der Waals surface area contributed by atoms with Gasteiger partial charge in [0.2, 0.25) is 10.0 Å². The largest absolute Gasteiger partial charge is 0.307 e. The Morgan fingerprint density at radius 2 is 1.95 bits per heavy atom. The van der Waals surface area contributed by atoms with Gasteiger partial charge in [0.05, 0.1) is 0 Å². The molecule has 0 atom stereocenters. The third-order valence-corrected chi connectivity index (χ3v) is 4.04. The molecule has 0 bridgehead atoms. The number of benzene rings is 1. The van der Waals surface area contributed by atoms with Gasteiger partial charge in [0.1, 0.15) is 10.7 Å². The molecule has 0 aliphatic rings. The van der Waals surface area contributed by atoms with E-state index in [4.69, 9.17) is 5.84 Å². The average Bonchev–Trinajstić information content (AvgIpc) is 2.46. The van der Waals surface area contributed by atoms with Crippen molar-refractivity contribution in [2.75, 3.05) is 5.43 Å². The highest BCUT2D eigenvalue weighted by Crippen LogP contribution is 2.17. The van der Waals surface area contributed by atoms with E-state index in [0.717, 1.165) is 0 Å². The predicted octanol–water partition coefficient (Wildman–Crippen LogP) is 0.985. The number of aromatic nitrogens is 1. The fraction of sp³-hybridized carbons (Fsp3) is 0.0833. The maximum absolute atomic E-state index is 13.4. The summed E-state index contributed by atoms with van der Waals surface area (Å²) in [5, 5.41) is 0. The molecule has 1 heterocycles. The molecule has 0 fully saturated rings. The van der Waals surface area contributed by atoms with Crippen molar-refractivity contribution in [3.05, 3.63) is 54.0 Å². The van der Waals surface area contributed by atoms with Crippen LogP contribution in [-0.2, 0) is 16.6 Å². The van der Waals surface area contributed by atoms with Crippen LogP contribution in [0.25, 0.3) is 0 Å². The zero-order valence-corrected chi connectivity index (χ0v) is 11.2. The quantitative estimate of drug-likeness (QED) is 0.564. The van der Waals surface area contributed by atoms with Gasteiger partial charge in [-0.15, -0.1) is 0 Å². The summed E-state index contributed by atoms with van der Waals surface area (Å²) < 4.78 is 40.0. The van der Waals surface area contributed by atoms with Crippen LogP contribution in [0, 0.1) is 5.82 Å². The molecule has 6 nitrogen and oxygen atoms in total. The Morgan fingerprint density at radius 1 is 1.20 bits per heavy atom. The first-order chi connectivity index (χ1) is 9.54. The zero-order valence-electron chi connectivity index (χ0n) is 10.4. The van der Waals surface area contributed by atoms with Gasteiger partial charge < -0.3 is 5.43 Å². The fourth-order valence-electron chi connectivity index (χ4n) is 1.61. The Labute approximate surface area is 115 Å². The molecule has 20 heavy (non-hydrogen) atoms. The Morgan fingerprint density at radius 3 is 2.65 bits per heavy atom. The molecule has 0 saturated carbocycles. The van der Waals surface area contributed by atoms with Crippen molar-refractivity contribution in [2.45, 2.75) is 11.4 Å². The smallest absolute Gasteiger partial charge is 0.244 e. The Balaban J connectivity index is 2.22. The number of nitrogens with one attached hydrogen (secondary N) is 2. The van der Waals surface area contributed by atoms with Crippen molar-refractivity contribution in [1.29, 1.82) is 0 Å². The normalized spacial score (nSPS) is 11.3. The first-order valence-corrected chi connectivity index (χ1v) is 7.17. The summed E-state index contributed by atoms with van der Waals surface area (Å²) in [4.78, 5) is 3.71. The first-order valence-electron chi connectivity index (χ1n) is 5.69. The summed E-state index contributed by atoms with van der Waals surface area (Å²) in [7, 11) is -3.84. The van der Waals surface area contributed by atoms with Gasteiger partial charge in [-0.2, -0.15) is 0 Å². The van der Waals surface area contributed by atoms with Crippen molar-refractivity contribution in [2.24, 2.45) is 5.84 Å². The molecule has 4 N–H and O–H groups in total. The maximum atomic E-state index is 13.4. The number of rotatable bonds is 5. The lowest BCUT2D eigenvalue weighted by atomic mass is 10.2. The summed E-state index contributed by atoms with van der Waals surface area (Å²) in [5.41, 5.74) is 2.46. The van der Waals surface area contributed by atoms with Gasteiger partial charge >= 0.3 is 0 Å². The van der Waals surface area contributed by atoms with E-state index in [1.165, 1.54) is 36.5 Å². The molecule has 0 radical (unpaired) electrons. The van der Waals surface area contributed by atoms with E-state index in [9.17, 15) is 12.8 Å². The summed E-state index contributed by atoms with van der Waals surface area (Å²) in [6.45, 7) is -0.159. The van der Waals surface area contributed by atoms with Crippen LogP contribution in [0.4, 0.5) is 10.2 Å². The highest BCUT2D eigenvalue weighted by Gasteiger charge is 2.19. The number of nitrogens with two attached hydrogens (primary N) is 1. The van der Waals surface area contributed by atoms with E-state index in [1.807, 2.05) is 0 Å². The Kier molecular flexibility index (Phi) is 4.28. The van der Waals surface area contributed by atoms with Gasteiger partial charge in [0.25, 0.3) is 0 Å². The lowest BCUT2D eigenvalue weighted by Crippen LogP contribution is -2.25. The SMILES string of the molecule is NNc1ncccc1S(=O)(=O)NCc1ccccc1F. The zero-order chi connectivity index (χ0) is 14.6. The number of hydrazine groups is 1. The molecule has 0 spiro atoms. The molecule has 0 unspecified atom stereocenters. The van der Waals surface area contributed by atoms with Crippen molar-refractivity contribution >= 4 is 15.8 Å². The monoisotopic (exact) mass is 296 g/mol. The molecule has 1 aromatic carbocycles. The van der Waals surface area contributed by atoms with Crippen molar-refractivity contribution in [1.82, 2.24) is 9.71 Å². The van der Waals surface area contributed by atoms with E-state index in [1.54, 1.807) is 6.07 Å². The number of hydrogen-bond donors (Lipinski definition) is 3. The van der Waals surface area contributed by atoms with Crippen LogP contribution in [0.15, 0.2) is 47.5 Å². The molecule has 0 saturated heterocycles. The third-order valence-electron chi connectivity index (χ3n) is 2.61. The molecule has 2 aromatic rings. The number of halogens is 1. The molecule has 8 heteroatoms. The van der Waals surface area contributed by atoms with Crippen LogP contribution in [-0.4, -0.2) is 13.4 Å². The van der Waals surface area contributed by atoms with Crippen LogP contribution in [0.5, 0.6) is 0 Å². The number of nitrogen functional groups attached to an aromatic ring is 1. The lowest BCUT2D eigenvalue weighted by molar-refractivity contribution is 0.574. The summed E-state index contributed by atoms with van der Waals surface area (Å²) in [6.07, 6.45) is 1.41. The van der Waals surface area contributed by atoms with Gasteiger partial charge in [-0.3, -0.25) is 0 Å². The number of anilines is 1. The Hall–Kier alpha value is -2.03. The standard InChI is InChI=1S/C12H13FN4O2S/c13-10-5-2-1-4-9(10)8-16-20(18,19)11-6-3-7-15-12(11)17-14/h1-7,16H,8,14H2,(H,15,17). The van der Waals surface area contributed by atoms with E-state index in [-0.39, 0.29) is 22.8 Å². The summed E-state index contributed by atoms with van der Waals surface area (Å²) in [6, 6.07) is 8.75. The Bertz CT molecular complexity index is 706. The second-order valence-corrected chi connectivity index (χ2v) is 5.65. The van der Waals surface area contributed by atoms with Crippen molar-refractivity contribution in [3.63, 3.8) is 0 Å². The molecule has 0 amide bonds. The summed E-state index contributed by atoms with van der Waals surface area (Å²) in [5.74, 6) is 4.76. The van der Waals surface area contributed by atoms with E-state index in [2.05, 4.69) is 15.1 Å². The minimum Gasteiger partial charge on any atom is -0.307 e. The number of sulfonamides is 1. The molecule has 2 rings (SSSR count). The molecule has 1 aromatic heterocycles. The van der Waals surface area contributed by atoms with E-state index in [0.29, 0.717) is 0 Å². The fourth-order valence-corrected chi connectivity index (χ4v) is 2.73. The maximum Gasteiger partial charge on any atom is 0.244 e. The second kappa shape index (κ2) is 5.95. The molecule has 106 valence electrons. The minimum atomic E-state index is -3.84. The molecular formula is C12H13FN4O2S. The number of hydrogen-bond acceptors (Lipinski definition) is 5. The van der Waals surface area contributed by atoms with Crippen LogP contribution >= 0.6 is 0 Å².